The smallest absolute Gasteiger partial charge is 0.352 e. The molecule has 0 radical (unpaired) electrons. The third-order valence-electron chi connectivity index (χ3n) is 5.45. The van der Waals surface area contributed by atoms with Crippen LogP contribution in [-0.2, 0) is 6.42 Å². The summed E-state index contributed by atoms with van der Waals surface area (Å²) in [5, 5.41) is 22.8. The van der Waals surface area contributed by atoms with Crippen LogP contribution in [0.2, 0.25) is 15.1 Å². The quantitative estimate of drug-likeness (QED) is 0.513. The zero-order valence-electron chi connectivity index (χ0n) is 15.9. The van der Waals surface area contributed by atoms with Gasteiger partial charge in [0.05, 0.1) is 10.7 Å². The number of aromatic nitrogens is 1. The first-order valence-electron chi connectivity index (χ1n) is 9.49. The zero-order chi connectivity index (χ0) is 21.4. The molecule has 1 aliphatic rings. The molecule has 1 fully saturated rings. The number of nitrogens with zero attached hydrogens (tertiary/aromatic N) is 2. The number of anilines is 1. The van der Waals surface area contributed by atoms with Crippen LogP contribution in [-0.4, -0.2) is 58.5 Å². The van der Waals surface area contributed by atoms with Gasteiger partial charge in [-0.2, -0.15) is 0 Å². The predicted molar refractivity (Wildman–Crippen MR) is 120 cm³/mol. The third-order valence-corrected chi connectivity index (χ3v) is 6.23. The number of fused-ring (bicyclic) bond motifs is 1. The van der Waals surface area contributed by atoms with Gasteiger partial charge in [0.1, 0.15) is 11.9 Å². The molecule has 0 bridgehead atoms. The first kappa shape index (κ1) is 21.3. The highest BCUT2D eigenvalue weighted by Gasteiger charge is 2.26. The maximum atomic E-state index is 11.7. The molecule has 1 aromatic heterocycles. The van der Waals surface area contributed by atoms with Crippen molar-refractivity contribution in [2.24, 2.45) is 0 Å². The van der Waals surface area contributed by atoms with Crippen LogP contribution >= 0.6 is 34.8 Å². The summed E-state index contributed by atoms with van der Waals surface area (Å²) in [4.78, 5) is 18.7. The average molecular weight is 469 g/mol. The van der Waals surface area contributed by atoms with E-state index < -0.39 is 12.2 Å². The van der Waals surface area contributed by atoms with E-state index in [1.165, 1.54) is 0 Å². The highest BCUT2D eigenvalue weighted by Crippen LogP contribution is 2.31. The van der Waals surface area contributed by atoms with E-state index in [1.54, 1.807) is 30.3 Å². The summed E-state index contributed by atoms with van der Waals surface area (Å²) < 4.78 is 0. The fraction of sp³-hybridized carbons (Fsp3) is 0.286. The van der Waals surface area contributed by atoms with Crippen molar-refractivity contribution in [2.45, 2.75) is 12.6 Å². The van der Waals surface area contributed by atoms with Crippen LogP contribution in [0.15, 0.2) is 36.4 Å². The molecule has 1 aliphatic heterocycles. The molecule has 0 aliphatic carbocycles. The van der Waals surface area contributed by atoms with Gasteiger partial charge in [-0.15, -0.1) is 0 Å². The van der Waals surface area contributed by atoms with E-state index in [4.69, 9.17) is 34.8 Å². The number of aromatic carboxylic acids is 1. The van der Waals surface area contributed by atoms with Gasteiger partial charge in [-0.05, 0) is 42.0 Å². The summed E-state index contributed by atoms with van der Waals surface area (Å²) in [6.07, 6.45) is -0.632. The van der Waals surface area contributed by atoms with E-state index >= 15 is 0 Å². The Balaban J connectivity index is 1.49. The van der Waals surface area contributed by atoms with Crippen molar-refractivity contribution in [3.05, 3.63) is 62.7 Å². The molecule has 0 amide bonds. The molecule has 3 aromatic rings. The molecule has 1 unspecified atom stereocenters. The first-order valence-corrected chi connectivity index (χ1v) is 10.6. The molecule has 4 rings (SSSR count). The number of aliphatic hydroxyl groups excluding tert-OH is 1. The van der Waals surface area contributed by atoms with Crippen molar-refractivity contribution >= 4 is 57.4 Å². The van der Waals surface area contributed by atoms with E-state index in [0.29, 0.717) is 57.7 Å². The number of piperazine rings is 1. The molecule has 0 saturated carbocycles. The zero-order valence-corrected chi connectivity index (χ0v) is 18.2. The van der Waals surface area contributed by atoms with Crippen molar-refractivity contribution in [3.63, 3.8) is 0 Å². The molecular weight excluding hydrogens is 449 g/mol. The second kappa shape index (κ2) is 8.65. The van der Waals surface area contributed by atoms with Gasteiger partial charge >= 0.3 is 5.97 Å². The highest BCUT2D eigenvalue weighted by atomic mass is 35.5. The highest BCUT2D eigenvalue weighted by molar-refractivity contribution is 6.36. The number of aliphatic hydroxyl groups is 1. The molecule has 6 nitrogen and oxygen atoms in total. The van der Waals surface area contributed by atoms with Crippen LogP contribution in [0, 0.1) is 0 Å². The molecule has 2 heterocycles. The summed E-state index contributed by atoms with van der Waals surface area (Å²) in [6.45, 7) is 2.60. The second-order valence-electron chi connectivity index (χ2n) is 7.28. The summed E-state index contributed by atoms with van der Waals surface area (Å²) in [5.74, 6) is -1.06. The summed E-state index contributed by atoms with van der Waals surface area (Å²) in [7, 11) is 0. The number of hydrogen-bond donors (Lipinski definition) is 3. The molecule has 30 heavy (non-hydrogen) atoms. The van der Waals surface area contributed by atoms with Crippen molar-refractivity contribution in [3.8, 4) is 0 Å². The van der Waals surface area contributed by atoms with Gasteiger partial charge in [0.2, 0.25) is 0 Å². The van der Waals surface area contributed by atoms with Gasteiger partial charge in [-0.25, -0.2) is 4.79 Å². The Labute approximate surface area is 188 Å². The van der Waals surface area contributed by atoms with E-state index in [-0.39, 0.29) is 12.1 Å². The predicted octanol–water partition coefficient (Wildman–Crippen LogP) is 4.51. The van der Waals surface area contributed by atoms with Gasteiger partial charge in [0, 0.05) is 53.5 Å². The minimum atomic E-state index is -1.06. The maximum Gasteiger partial charge on any atom is 0.352 e. The van der Waals surface area contributed by atoms with E-state index in [9.17, 15) is 15.0 Å². The Kier molecular flexibility index (Phi) is 6.14. The number of nitrogens with one attached hydrogen (secondary N) is 1. The summed E-state index contributed by atoms with van der Waals surface area (Å²) in [6, 6.07) is 10.6. The van der Waals surface area contributed by atoms with Gasteiger partial charge < -0.3 is 20.1 Å². The molecule has 2 aromatic carbocycles. The third kappa shape index (κ3) is 4.24. The molecular formula is C21H20Cl3N3O3. The largest absolute Gasteiger partial charge is 0.477 e. The number of rotatable bonds is 5. The average Bonchev–Trinajstić information content (AvgIpc) is 3.06. The summed E-state index contributed by atoms with van der Waals surface area (Å²) in [5.41, 5.74) is 2.23. The monoisotopic (exact) mass is 467 g/mol. The van der Waals surface area contributed by atoms with Crippen LogP contribution in [0.25, 0.3) is 10.9 Å². The number of halogens is 3. The molecule has 3 N–H and O–H groups in total. The fourth-order valence-electron chi connectivity index (χ4n) is 3.92. The van der Waals surface area contributed by atoms with Crippen LogP contribution in [0.5, 0.6) is 0 Å². The van der Waals surface area contributed by atoms with E-state index in [0.717, 1.165) is 5.69 Å². The lowest BCUT2D eigenvalue weighted by atomic mass is 10.1. The molecule has 1 saturated heterocycles. The fourth-order valence-corrected chi connectivity index (χ4v) is 4.62. The standard InChI is InChI=1S/C21H20Cl3N3O3/c22-12-1-3-17-14(9-12)15(20(25-17)21(29)30)11-19(28)27-7-5-26(6-8-27)18-4-2-13(23)10-16(18)24/h1-4,9-10,19,25,28H,5-8,11H2,(H,29,30). The Morgan fingerprint density at radius 3 is 2.37 bits per heavy atom. The lowest BCUT2D eigenvalue weighted by molar-refractivity contribution is 0.00117. The minimum Gasteiger partial charge on any atom is -0.477 e. The van der Waals surface area contributed by atoms with Crippen molar-refractivity contribution in [1.82, 2.24) is 9.88 Å². The number of hydrogen-bond acceptors (Lipinski definition) is 4. The number of H-pyrrole nitrogens is 1. The van der Waals surface area contributed by atoms with Gasteiger partial charge in [0.25, 0.3) is 0 Å². The number of benzene rings is 2. The first-order chi connectivity index (χ1) is 14.3. The number of carbonyl (C=O) groups is 1. The number of carboxylic acids is 1. The molecule has 9 heteroatoms. The van der Waals surface area contributed by atoms with E-state index in [2.05, 4.69) is 9.88 Å². The normalized spacial score (nSPS) is 16.2. The van der Waals surface area contributed by atoms with Crippen LogP contribution in [0.4, 0.5) is 5.69 Å². The van der Waals surface area contributed by atoms with Gasteiger partial charge in [-0.3, -0.25) is 4.90 Å². The minimum absolute atomic E-state index is 0.0814. The Morgan fingerprint density at radius 2 is 1.70 bits per heavy atom. The van der Waals surface area contributed by atoms with Gasteiger partial charge in [0.15, 0.2) is 0 Å². The van der Waals surface area contributed by atoms with Gasteiger partial charge in [-0.1, -0.05) is 34.8 Å². The van der Waals surface area contributed by atoms with E-state index in [1.807, 2.05) is 11.0 Å². The number of aromatic amines is 1. The van der Waals surface area contributed by atoms with Crippen LogP contribution in [0.1, 0.15) is 16.1 Å². The lowest BCUT2D eigenvalue weighted by Crippen LogP contribution is -2.51. The van der Waals surface area contributed by atoms with Crippen molar-refractivity contribution < 1.29 is 15.0 Å². The Hall–Kier alpha value is -1.96. The van der Waals surface area contributed by atoms with Crippen molar-refractivity contribution in [2.75, 3.05) is 31.1 Å². The summed E-state index contributed by atoms with van der Waals surface area (Å²) >= 11 is 18.4. The molecule has 0 spiro atoms. The topological polar surface area (TPSA) is 79.8 Å². The molecule has 1 atom stereocenters. The molecule has 158 valence electrons. The van der Waals surface area contributed by atoms with Crippen LogP contribution < -0.4 is 4.90 Å². The second-order valence-corrected chi connectivity index (χ2v) is 8.56. The Bertz CT molecular complexity index is 1090. The Morgan fingerprint density at radius 1 is 1.03 bits per heavy atom. The number of carboxylic acid groups (broad SMARTS) is 1. The lowest BCUT2D eigenvalue weighted by Gasteiger charge is -2.38. The van der Waals surface area contributed by atoms with Crippen LogP contribution in [0.3, 0.4) is 0 Å². The maximum absolute atomic E-state index is 11.7. The SMILES string of the molecule is O=C(O)c1[nH]c2ccc(Cl)cc2c1CC(O)N1CCN(c2ccc(Cl)cc2Cl)CC1. The van der Waals surface area contributed by atoms with Crippen molar-refractivity contribution in [1.29, 1.82) is 0 Å².